The van der Waals surface area contributed by atoms with Crippen LogP contribution in [0.25, 0.3) is 0 Å². The molecule has 1 saturated carbocycles. The highest BCUT2D eigenvalue weighted by molar-refractivity contribution is 5.81. The van der Waals surface area contributed by atoms with Crippen LogP contribution in [0.4, 0.5) is 0 Å². The van der Waals surface area contributed by atoms with Crippen LogP contribution in [0.1, 0.15) is 46.0 Å². The first kappa shape index (κ1) is 8.76. The molecule has 1 nitrogen and oxygen atoms in total. The largest absolute Gasteiger partial charge is 0.299 e. The van der Waals surface area contributed by atoms with Crippen molar-refractivity contribution in [1.82, 2.24) is 0 Å². The zero-order valence-electron chi connectivity index (χ0n) is 7.60. The lowest BCUT2D eigenvalue weighted by molar-refractivity contribution is -0.123. The van der Waals surface area contributed by atoms with E-state index >= 15 is 0 Å². The summed E-state index contributed by atoms with van der Waals surface area (Å²) in [7, 11) is 0. The van der Waals surface area contributed by atoms with Gasteiger partial charge < -0.3 is 0 Å². The summed E-state index contributed by atoms with van der Waals surface area (Å²) in [5.74, 6) is 1.48. The van der Waals surface area contributed by atoms with Gasteiger partial charge in [-0.2, -0.15) is 0 Å². The Labute approximate surface area is 69.2 Å². The van der Waals surface area contributed by atoms with Crippen molar-refractivity contribution in [3.8, 4) is 0 Å². The third-order valence-corrected chi connectivity index (χ3v) is 2.42. The van der Waals surface area contributed by atoms with Crippen molar-refractivity contribution in [1.29, 1.82) is 0 Å². The van der Waals surface area contributed by atoms with Gasteiger partial charge in [-0.05, 0) is 18.8 Å². The smallest absolute Gasteiger partial charge is 0.136 e. The summed E-state index contributed by atoms with van der Waals surface area (Å²) in [4.78, 5) is 11.5. The van der Waals surface area contributed by atoms with E-state index < -0.39 is 0 Å². The molecule has 0 heterocycles. The molecule has 0 bridgehead atoms. The summed E-state index contributed by atoms with van der Waals surface area (Å²) in [5.41, 5.74) is 0. The number of carbonyl (C=O) groups is 1. The van der Waals surface area contributed by atoms with Crippen LogP contribution >= 0.6 is 0 Å². The topological polar surface area (TPSA) is 17.1 Å². The van der Waals surface area contributed by atoms with Crippen molar-refractivity contribution < 1.29 is 4.79 Å². The zero-order chi connectivity index (χ0) is 8.27. The summed E-state index contributed by atoms with van der Waals surface area (Å²) in [6, 6.07) is 0. The van der Waals surface area contributed by atoms with E-state index in [-0.39, 0.29) is 0 Å². The van der Waals surface area contributed by atoms with Gasteiger partial charge in [0.25, 0.3) is 0 Å². The van der Waals surface area contributed by atoms with Crippen molar-refractivity contribution in [2.75, 3.05) is 0 Å². The van der Waals surface area contributed by atoms with E-state index in [4.69, 9.17) is 0 Å². The molecule has 0 radical (unpaired) electrons. The molecule has 1 aliphatic rings. The molecule has 64 valence electrons. The summed E-state index contributed by atoms with van der Waals surface area (Å²) in [6.45, 7) is 4.24. The maximum Gasteiger partial charge on any atom is 0.136 e. The minimum absolute atomic E-state index is 0.428. The van der Waals surface area contributed by atoms with Gasteiger partial charge >= 0.3 is 0 Å². The Morgan fingerprint density at radius 2 is 1.91 bits per heavy atom. The molecule has 0 aromatic carbocycles. The number of hydrogen-bond acceptors (Lipinski definition) is 1. The van der Waals surface area contributed by atoms with Gasteiger partial charge in [-0.3, -0.25) is 4.79 Å². The second-order valence-electron chi connectivity index (χ2n) is 4.05. The van der Waals surface area contributed by atoms with Gasteiger partial charge in [0.1, 0.15) is 5.78 Å². The Bertz CT molecular complexity index is 132. The fourth-order valence-electron chi connectivity index (χ4n) is 1.82. The van der Waals surface area contributed by atoms with Gasteiger partial charge in [-0.1, -0.05) is 26.7 Å². The lowest BCUT2D eigenvalue weighted by atomic mass is 9.95. The minimum atomic E-state index is 0.428. The fraction of sp³-hybridized carbons (Fsp3) is 0.900. The third kappa shape index (κ3) is 2.64. The van der Waals surface area contributed by atoms with Gasteiger partial charge in [0, 0.05) is 12.3 Å². The predicted octanol–water partition coefficient (Wildman–Crippen LogP) is 2.79. The SMILES string of the molecule is CC(C)CC(=O)C1CCCC1. The van der Waals surface area contributed by atoms with Crippen LogP contribution in [0.3, 0.4) is 0 Å². The molecule has 0 amide bonds. The molecular weight excluding hydrogens is 136 g/mol. The lowest BCUT2D eigenvalue weighted by Crippen LogP contribution is -2.12. The van der Waals surface area contributed by atoms with Crippen molar-refractivity contribution in [3.63, 3.8) is 0 Å². The molecule has 1 rings (SSSR count). The van der Waals surface area contributed by atoms with Crippen LogP contribution in [-0.2, 0) is 4.79 Å². The van der Waals surface area contributed by atoms with Crippen LogP contribution < -0.4 is 0 Å². The van der Waals surface area contributed by atoms with Crippen LogP contribution in [-0.4, -0.2) is 5.78 Å². The molecule has 0 aromatic rings. The number of hydrogen-bond donors (Lipinski definition) is 0. The van der Waals surface area contributed by atoms with Gasteiger partial charge in [-0.25, -0.2) is 0 Å². The van der Waals surface area contributed by atoms with E-state index in [1.165, 1.54) is 12.8 Å². The average Bonchev–Trinajstić information content (AvgIpc) is 2.35. The maximum atomic E-state index is 11.5. The first-order valence-electron chi connectivity index (χ1n) is 4.73. The molecule has 0 unspecified atom stereocenters. The molecule has 1 heteroatoms. The Hall–Kier alpha value is -0.330. The van der Waals surface area contributed by atoms with E-state index in [2.05, 4.69) is 13.8 Å². The van der Waals surface area contributed by atoms with Crippen LogP contribution in [0, 0.1) is 11.8 Å². The summed E-state index contributed by atoms with van der Waals surface area (Å²) >= 11 is 0. The summed E-state index contributed by atoms with van der Waals surface area (Å²) in [5, 5.41) is 0. The fourth-order valence-corrected chi connectivity index (χ4v) is 1.82. The monoisotopic (exact) mass is 154 g/mol. The predicted molar refractivity (Wildman–Crippen MR) is 46.4 cm³/mol. The Kier molecular flexibility index (Phi) is 3.10. The highest BCUT2D eigenvalue weighted by Gasteiger charge is 2.22. The van der Waals surface area contributed by atoms with E-state index in [1.807, 2.05) is 0 Å². The molecule has 0 aliphatic heterocycles. The maximum absolute atomic E-state index is 11.5. The number of rotatable bonds is 3. The summed E-state index contributed by atoms with van der Waals surface area (Å²) < 4.78 is 0. The first-order chi connectivity index (χ1) is 5.20. The molecule has 0 atom stereocenters. The van der Waals surface area contributed by atoms with Gasteiger partial charge in [0.15, 0.2) is 0 Å². The van der Waals surface area contributed by atoms with Crippen molar-refractivity contribution in [2.45, 2.75) is 46.0 Å². The Balaban J connectivity index is 2.28. The van der Waals surface area contributed by atoms with Gasteiger partial charge in [-0.15, -0.1) is 0 Å². The minimum Gasteiger partial charge on any atom is -0.299 e. The van der Waals surface area contributed by atoms with E-state index in [0.717, 1.165) is 19.3 Å². The first-order valence-corrected chi connectivity index (χ1v) is 4.73. The average molecular weight is 154 g/mol. The highest BCUT2D eigenvalue weighted by Crippen LogP contribution is 2.27. The normalized spacial score (nSPS) is 19.5. The van der Waals surface area contributed by atoms with Crippen LogP contribution in [0.5, 0.6) is 0 Å². The molecule has 11 heavy (non-hydrogen) atoms. The van der Waals surface area contributed by atoms with Crippen LogP contribution in [0.2, 0.25) is 0 Å². The van der Waals surface area contributed by atoms with E-state index in [1.54, 1.807) is 0 Å². The number of Topliss-reactive ketones (excluding diaryl/α,β-unsaturated/α-hetero) is 1. The molecule has 0 N–H and O–H groups in total. The Morgan fingerprint density at radius 3 is 2.36 bits per heavy atom. The Morgan fingerprint density at radius 1 is 1.36 bits per heavy atom. The number of carbonyl (C=O) groups excluding carboxylic acids is 1. The van der Waals surface area contributed by atoms with Crippen molar-refractivity contribution in [2.24, 2.45) is 11.8 Å². The molecule has 0 spiro atoms. The quantitative estimate of drug-likeness (QED) is 0.611. The molecule has 0 aromatic heterocycles. The van der Waals surface area contributed by atoms with Gasteiger partial charge in [0.2, 0.25) is 0 Å². The molecule has 1 fully saturated rings. The highest BCUT2D eigenvalue weighted by atomic mass is 16.1. The number of ketones is 1. The molecular formula is C10H18O. The molecule has 1 aliphatic carbocycles. The summed E-state index contributed by atoms with van der Waals surface area (Å²) in [6.07, 6.45) is 5.66. The van der Waals surface area contributed by atoms with Gasteiger partial charge in [0.05, 0.1) is 0 Å². The standard InChI is InChI=1S/C10H18O/c1-8(2)7-10(11)9-5-3-4-6-9/h8-9H,3-7H2,1-2H3. The second kappa shape index (κ2) is 3.89. The molecule has 0 saturated heterocycles. The zero-order valence-corrected chi connectivity index (χ0v) is 7.60. The lowest BCUT2D eigenvalue weighted by Gasteiger charge is -2.08. The van der Waals surface area contributed by atoms with Crippen molar-refractivity contribution >= 4 is 5.78 Å². The second-order valence-corrected chi connectivity index (χ2v) is 4.05. The van der Waals surface area contributed by atoms with Crippen LogP contribution in [0.15, 0.2) is 0 Å². The van der Waals surface area contributed by atoms with Crippen molar-refractivity contribution in [3.05, 3.63) is 0 Å². The third-order valence-electron chi connectivity index (χ3n) is 2.42. The van der Waals surface area contributed by atoms with E-state index in [0.29, 0.717) is 17.6 Å². The van der Waals surface area contributed by atoms with E-state index in [9.17, 15) is 4.79 Å².